The molecule has 82 valence electrons. The number of nitrogens with zero attached hydrogens (tertiary/aromatic N) is 1. The molecule has 0 saturated heterocycles. The van der Waals surface area contributed by atoms with Crippen molar-refractivity contribution in [1.29, 1.82) is 0 Å². The second-order valence-corrected chi connectivity index (χ2v) is 4.47. The average Bonchev–Trinajstić information content (AvgIpc) is 2.16. The molecular formula is C12H19N2O+. The summed E-state index contributed by atoms with van der Waals surface area (Å²) in [5.74, 6) is 0.0225. The van der Waals surface area contributed by atoms with Crippen molar-refractivity contribution in [3.8, 4) is 0 Å². The monoisotopic (exact) mass is 207 g/mol. The molecule has 0 aliphatic heterocycles. The van der Waals surface area contributed by atoms with Crippen molar-refractivity contribution in [1.82, 2.24) is 5.32 Å². The minimum Gasteiger partial charge on any atom is -0.310 e. The van der Waals surface area contributed by atoms with Crippen molar-refractivity contribution in [2.75, 3.05) is 20.8 Å². The normalized spacial score (nSPS) is 11.1. The summed E-state index contributed by atoms with van der Waals surface area (Å²) in [4.78, 5) is 10.8. The first-order valence-electron chi connectivity index (χ1n) is 5.10. The third kappa shape index (κ3) is 4.61. The molecule has 0 aliphatic carbocycles. The maximum Gasteiger partial charge on any atom is 0.221 e. The molecule has 3 heteroatoms. The van der Waals surface area contributed by atoms with Gasteiger partial charge in [-0.2, -0.15) is 0 Å². The first-order valence-corrected chi connectivity index (χ1v) is 5.10. The number of nitrogens with one attached hydrogen (secondary N) is 1. The van der Waals surface area contributed by atoms with Crippen LogP contribution in [0.4, 0.5) is 0 Å². The lowest BCUT2D eigenvalue weighted by Crippen LogP contribution is -2.47. The maximum atomic E-state index is 10.8. The Morgan fingerprint density at radius 3 is 2.40 bits per heavy atom. The van der Waals surface area contributed by atoms with Crippen LogP contribution in [0, 0.1) is 0 Å². The van der Waals surface area contributed by atoms with Gasteiger partial charge in [-0.15, -0.1) is 0 Å². The van der Waals surface area contributed by atoms with Gasteiger partial charge < -0.3 is 9.80 Å². The fourth-order valence-electron chi connectivity index (χ4n) is 1.46. The summed E-state index contributed by atoms with van der Waals surface area (Å²) in [6.45, 7) is 3.12. The van der Waals surface area contributed by atoms with Gasteiger partial charge >= 0.3 is 0 Å². The van der Waals surface area contributed by atoms with Crippen LogP contribution in [0.2, 0.25) is 0 Å². The first-order chi connectivity index (χ1) is 6.99. The number of amides is 1. The van der Waals surface area contributed by atoms with Crippen LogP contribution in [0.25, 0.3) is 0 Å². The van der Waals surface area contributed by atoms with E-state index in [4.69, 9.17) is 0 Å². The summed E-state index contributed by atoms with van der Waals surface area (Å²) in [6, 6.07) is 10.3. The summed E-state index contributed by atoms with van der Waals surface area (Å²) in [7, 11) is 4.20. The second-order valence-electron chi connectivity index (χ2n) is 4.47. The minimum absolute atomic E-state index is 0.0225. The van der Waals surface area contributed by atoms with Crippen LogP contribution < -0.4 is 5.32 Å². The summed E-state index contributed by atoms with van der Waals surface area (Å²) >= 11 is 0. The van der Waals surface area contributed by atoms with Gasteiger partial charge in [-0.25, -0.2) is 0 Å². The van der Waals surface area contributed by atoms with Crippen LogP contribution in [0.15, 0.2) is 30.3 Å². The molecule has 0 bridgehead atoms. The zero-order valence-electron chi connectivity index (χ0n) is 9.66. The minimum atomic E-state index is 0.0225. The van der Waals surface area contributed by atoms with E-state index >= 15 is 0 Å². The molecular weight excluding hydrogens is 188 g/mol. The lowest BCUT2D eigenvalue weighted by molar-refractivity contribution is -0.905. The SMILES string of the molecule is CC(=O)NC[N+](C)(C)Cc1ccccc1. The quantitative estimate of drug-likeness (QED) is 0.586. The van der Waals surface area contributed by atoms with Crippen LogP contribution in [-0.2, 0) is 11.3 Å². The van der Waals surface area contributed by atoms with Crippen LogP contribution >= 0.6 is 0 Å². The predicted molar refractivity (Wildman–Crippen MR) is 60.9 cm³/mol. The molecule has 0 atom stereocenters. The van der Waals surface area contributed by atoms with Crippen LogP contribution in [-0.4, -0.2) is 31.2 Å². The highest BCUT2D eigenvalue weighted by Crippen LogP contribution is 2.07. The number of hydrogen-bond acceptors (Lipinski definition) is 1. The Labute approximate surface area is 91.3 Å². The van der Waals surface area contributed by atoms with E-state index in [0.29, 0.717) is 6.67 Å². The molecule has 1 N–H and O–H groups in total. The molecule has 3 nitrogen and oxygen atoms in total. The van der Waals surface area contributed by atoms with Gasteiger partial charge in [0.25, 0.3) is 0 Å². The van der Waals surface area contributed by atoms with Crippen molar-refractivity contribution >= 4 is 5.91 Å². The third-order valence-electron chi connectivity index (χ3n) is 2.21. The highest BCUT2D eigenvalue weighted by molar-refractivity contribution is 5.72. The fraction of sp³-hybridized carbons (Fsp3) is 0.417. The number of hydrogen-bond donors (Lipinski definition) is 1. The van der Waals surface area contributed by atoms with E-state index in [1.54, 1.807) is 6.92 Å². The summed E-state index contributed by atoms with van der Waals surface area (Å²) in [5.41, 5.74) is 1.29. The number of rotatable bonds is 4. The number of carbonyl (C=O) groups is 1. The molecule has 0 saturated carbocycles. The molecule has 0 spiro atoms. The molecule has 0 fully saturated rings. The smallest absolute Gasteiger partial charge is 0.221 e. The molecule has 1 amide bonds. The highest BCUT2D eigenvalue weighted by atomic mass is 16.1. The number of benzene rings is 1. The molecule has 1 rings (SSSR count). The first kappa shape index (κ1) is 11.7. The Hall–Kier alpha value is -1.35. The van der Waals surface area contributed by atoms with Gasteiger partial charge in [0.1, 0.15) is 6.54 Å². The average molecular weight is 207 g/mol. The second kappa shape index (κ2) is 4.94. The summed E-state index contributed by atoms with van der Waals surface area (Å²) in [6.07, 6.45) is 0. The third-order valence-corrected chi connectivity index (χ3v) is 2.21. The number of carbonyl (C=O) groups excluding carboxylic acids is 1. The largest absolute Gasteiger partial charge is 0.310 e. The highest BCUT2D eigenvalue weighted by Gasteiger charge is 2.15. The zero-order chi connectivity index (χ0) is 11.3. The van der Waals surface area contributed by atoms with Gasteiger partial charge in [0.15, 0.2) is 6.67 Å². The molecule has 0 heterocycles. The van der Waals surface area contributed by atoms with E-state index in [1.807, 2.05) is 18.2 Å². The van der Waals surface area contributed by atoms with E-state index in [0.717, 1.165) is 11.0 Å². The Balaban J connectivity index is 2.52. The van der Waals surface area contributed by atoms with Crippen molar-refractivity contribution < 1.29 is 9.28 Å². The zero-order valence-corrected chi connectivity index (χ0v) is 9.66. The lowest BCUT2D eigenvalue weighted by Gasteiger charge is -2.29. The van der Waals surface area contributed by atoms with Gasteiger partial charge in [-0.1, -0.05) is 30.3 Å². The molecule has 0 aromatic heterocycles. The topological polar surface area (TPSA) is 29.1 Å². The van der Waals surface area contributed by atoms with Gasteiger partial charge in [-0.3, -0.25) is 4.79 Å². The molecule has 0 radical (unpaired) electrons. The summed E-state index contributed by atoms with van der Waals surface area (Å²) < 4.78 is 0.754. The van der Waals surface area contributed by atoms with Gasteiger partial charge in [0, 0.05) is 12.5 Å². The Morgan fingerprint density at radius 1 is 1.27 bits per heavy atom. The molecule has 1 aromatic carbocycles. The van der Waals surface area contributed by atoms with E-state index in [9.17, 15) is 4.79 Å². The molecule has 15 heavy (non-hydrogen) atoms. The van der Waals surface area contributed by atoms with Crippen molar-refractivity contribution in [2.24, 2.45) is 0 Å². The Bertz CT molecular complexity index is 320. The lowest BCUT2D eigenvalue weighted by atomic mass is 10.2. The number of quaternary nitrogens is 1. The summed E-state index contributed by atoms with van der Waals surface area (Å²) in [5, 5.41) is 2.84. The van der Waals surface area contributed by atoms with Crippen LogP contribution in [0.1, 0.15) is 12.5 Å². The Kier molecular flexibility index (Phi) is 3.86. The van der Waals surface area contributed by atoms with Gasteiger partial charge in [0.05, 0.1) is 14.1 Å². The standard InChI is InChI=1S/C12H18N2O/c1-11(15)13-10-14(2,3)9-12-7-5-4-6-8-12/h4-8H,9-10H2,1-3H3/p+1. The van der Waals surface area contributed by atoms with Crippen molar-refractivity contribution in [3.63, 3.8) is 0 Å². The molecule has 1 aromatic rings. The van der Waals surface area contributed by atoms with Gasteiger partial charge in [-0.05, 0) is 0 Å². The van der Waals surface area contributed by atoms with Crippen molar-refractivity contribution in [3.05, 3.63) is 35.9 Å². The van der Waals surface area contributed by atoms with E-state index in [2.05, 4.69) is 31.5 Å². The molecule has 0 aliphatic rings. The van der Waals surface area contributed by atoms with E-state index in [-0.39, 0.29) is 5.91 Å². The van der Waals surface area contributed by atoms with Crippen molar-refractivity contribution in [2.45, 2.75) is 13.5 Å². The fourth-order valence-corrected chi connectivity index (χ4v) is 1.46. The maximum absolute atomic E-state index is 10.8. The van der Waals surface area contributed by atoms with E-state index < -0.39 is 0 Å². The van der Waals surface area contributed by atoms with Crippen LogP contribution in [0.3, 0.4) is 0 Å². The van der Waals surface area contributed by atoms with E-state index in [1.165, 1.54) is 5.56 Å². The molecule has 0 unspecified atom stereocenters. The predicted octanol–water partition coefficient (Wildman–Crippen LogP) is 1.36. The van der Waals surface area contributed by atoms with Crippen LogP contribution in [0.5, 0.6) is 0 Å². The van der Waals surface area contributed by atoms with Gasteiger partial charge in [0.2, 0.25) is 5.91 Å². The Morgan fingerprint density at radius 2 is 1.87 bits per heavy atom.